The second kappa shape index (κ2) is 5.41. The average molecular weight is 288 g/mol. The van der Waals surface area contributed by atoms with Crippen molar-refractivity contribution in [2.75, 3.05) is 6.54 Å². The maximum atomic E-state index is 12.0. The number of carbonyl (C=O) groups excluding carboxylic acids is 1. The highest BCUT2D eigenvalue weighted by molar-refractivity contribution is 6.34. The summed E-state index contributed by atoms with van der Waals surface area (Å²) in [4.78, 5) is 12.0. The molecular formula is C12H15Cl2N3O. The number of carbonyl (C=O) groups is 1. The smallest absolute Gasteiger partial charge is 0.254 e. The van der Waals surface area contributed by atoms with Crippen molar-refractivity contribution in [3.05, 3.63) is 21.9 Å². The minimum Gasteiger partial charge on any atom is -0.351 e. The van der Waals surface area contributed by atoms with Gasteiger partial charge < -0.3 is 5.32 Å². The molecule has 1 N–H and O–H groups in total. The van der Waals surface area contributed by atoms with Crippen molar-refractivity contribution in [1.29, 1.82) is 0 Å². The summed E-state index contributed by atoms with van der Waals surface area (Å²) in [7, 11) is 0. The van der Waals surface area contributed by atoms with Gasteiger partial charge in [0, 0.05) is 6.54 Å². The third-order valence-electron chi connectivity index (χ3n) is 3.45. The molecule has 0 spiro atoms. The first-order chi connectivity index (χ1) is 8.50. The van der Waals surface area contributed by atoms with E-state index in [-0.39, 0.29) is 27.2 Å². The number of aromatic nitrogens is 2. The zero-order valence-electron chi connectivity index (χ0n) is 10.2. The average Bonchev–Trinajstić information content (AvgIpc) is 2.77. The molecule has 1 heterocycles. The summed E-state index contributed by atoms with van der Waals surface area (Å²) in [6, 6.07) is 1.43. The van der Waals surface area contributed by atoms with Crippen molar-refractivity contribution < 1.29 is 4.79 Å². The van der Waals surface area contributed by atoms with E-state index in [1.54, 1.807) is 0 Å². The van der Waals surface area contributed by atoms with Gasteiger partial charge in [0.2, 0.25) is 0 Å². The first-order valence-electron chi connectivity index (χ1n) is 5.97. The molecule has 6 heteroatoms. The summed E-state index contributed by atoms with van der Waals surface area (Å²) in [5, 5.41) is 10.3. The van der Waals surface area contributed by atoms with Crippen LogP contribution in [0.3, 0.4) is 0 Å². The largest absolute Gasteiger partial charge is 0.351 e. The molecule has 0 atom stereocenters. The lowest BCUT2D eigenvalue weighted by Crippen LogP contribution is -2.34. The molecule has 2 rings (SSSR count). The SMILES string of the molecule is CC1(CNC(=O)c2cc(Cl)nnc2Cl)CCCC1. The van der Waals surface area contributed by atoms with Crippen LogP contribution in [0.25, 0.3) is 0 Å². The van der Waals surface area contributed by atoms with Crippen molar-refractivity contribution in [1.82, 2.24) is 15.5 Å². The Morgan fingerprint density at radius 3 is 2.72 bits per heavy atom. The number of halogens is 2. The lowest BCUT2D eigenvalue weighted by atomic mass is 9.89. The van der Waals surface area contributed by atoms with Crippen LogP contribution in [0.2, 0.25) is 10.3 Å². The Morgan fingerprint density at radius 2 is 2.06 bits per heavy atom. The molecule has 1 aliphatic carbocycles. The summed E-state index contributed by atoms with van der Waals surface area (Å²) < 4.78 is 0. The van der Waals surface area contributed by atoms with Gasteiger partial charge in [0.1, 0.15) is 0 Å². The van der Waals surface area contributed by atoms with Gasteiger partial charge in [-0.3, -0.25) is 4.79 Å². The van der Waals surface area contributed by atoms with Gasteiger partial charge in [-0.15, -0.1) is 10.2 Å². The molecule has 0 saturated heterocycles. The molecule has 0 bridgehead atoms. The number of amides is 1. The van der Waals surface area contributed by atoms with E-state index >= 15 is 0 Å². The Kier molecular flexibility index (Phi) is 4.07. The van der Waals surface area contributed by atoms with Crippen molar-refractivity contribution in [3.8, 4) is 0 Å². The Morgan fingerprint density at radius 1 is 1.39 bits per heavy atom. The summed E-state index contributed by atoms with van der Waals surface area (Å²) >= 11 is 11.5. The van der Waals surface area contributed by atoms with Crippen molar-refractivity contribution >= 4 is 29.1 Å². The fraction of sp³-hybridized carbons (Fsp3) is 0.583. The van der Waals surface area contributed by atoms with Gasteiger partial charge in [-0.05, 0) is 24.3 Å². The van der Waals surface area contributed by atoms with Crippen LogP contribution in [0.5, 0.6) is 0 Å². The lowest BCUT2D eigenvalue weighted by molar-refractivity contribution is 0.0934. The molecule has 0 unspecified atom stereocenters. The second-order valence-corrected chi connectivity index (χ2v) is 5.82. The Balaban J connectivity index is 2.01. The monoisotopic (exact) mass is 287 g/mol. The standard InChI is InChI=1S/C12H15Cl2N3O/c1-12(4-2-3-5-12)7-15-11(18)8-6-9(13)16-17-10(8)14/h6H,2-5,7H2,1H3,(H,15,18). The van der Waals surface area contributed by atoms with Crippen molar-refractivity contribution in [2.24, 2.45) is 5.41 Å². The molecular weight excluding hydrogens is 273 g/mol. The highest BCUT2D eigenvalue weighted by Gasteiger charge is 2.29. The minimum atomic E-state index is -0.245. The van der Waals surface area contributed by atoms with Gasteiger partial charge in [-0.25, -0.2) is 0 Å². The molecule has 1 aromatic rings. The van der Waals surface area contributed by atoms with Crippen LogP contribution in [0, 0.1) is 5.41 Å². The van der Waals surface area contributed by atoms with Crippen LogP contribution in [-0.2, 0) is 0 Å². The maximum Gasteiger partial charge on any atom is 0.254 e. The molecule has 1 amide bonds. The third kappa shape index (κ3) is 3.12. The molecule has 0 aromatic carbocycles. The first kappa shape index (κ1) is 13.6. The highest BCUT2D eigenvalue weighted by Crippen LogP contribution is 2.36. The summed E-state index contributed by atoms with van der Waals surface area (Å²) in [5.74, 6) is -0.245. The first-order valence-corrected chi connectivity index (χ1v) is 6.73. The molecule has 0 aliphatic heterocycles. The van der Waals surface area contributed by atoms with E-state index in [1.165, 1.54) is 18.9 Å². The van der Waals surface area contributed by atoms with Crippen LogP contribution in [0.15, 0.2) is 6.07 Å². The Bertz CT molecular complexity index is 459. The number of nitrogens with zero attached hydrogens (tertiary/aromatic N) is 2. The molecule has 0 radical (unpaired) electrons. The molecule has 1 saturated carbocycles. The summed E-state index contributed by atoms with van der Waals surface area (Å²) in [6.45, 7) is 2.85. The maximum absolute atomic E-state index is 12.0. The van der Waals surface area contributed by atoms with Crippen LogP contribution in [-0.4, -0.2) is 22.6 Å². The molecule has 1 aromatic heterocycles. The fourth-order valence-electron chi connectivity index (χ4n) is 2.31. The van der Waals surface area contributed by atoms with Crippen molar-refractivity contribution in [3.63, 3.8) is 0 Å². The van der Waals surface area contributed by atoms with Crippen molar-refractivity contribution in [2.45, 2.75) is 32.6 Å². The van der Waals surface area contributed by atoms with Crippen LogP contribution in [0.1, 0.15) is 43.0 Å². The fourth-order valence-corrected chi connectivity index (χ4v) is 2.63. The molecule has 98 valence electrons. The van der Waals surface area contributed by atoms with Gasteiger partial charge in [0.05, 0.1) is 5.56 Å². The number of rotatable bonds is 3. The van der Waals surface area contributed by atoms with E-state index in [2.05, 4.69) is 22.4 Å². The molecule has 18 heavy (non-hydrogen) atoms. The highest BCUT2D eigenvalue weighted by atomic mass is 35.5. The predicted molar refractivity (Wildman–Crippen MR) is 71.0 cm³/mol. The summed E-state index contributed by atoms with van der Waals surface area (Å²) in [6.07, 6.45) is 4.76. The quantitative estimate of drug-likeness (QED) is 0.929. The van der Waals surface area contributed by atoms with Gasteiger partial charge in [-0.2, -0.15) is 0 Å². The topological polar surface area (TPSA) is 54.9 Å². The van der Waals surface area contributed by atoms with Gasteiger partial charge >= 0.3 is 0 Å². The minimum absolute atomic E-state index is 0.0773. The number of hydrogen-bond donors (Lipinski definition) is 1. The van der Waals surface area contributed by atoms with E-state index in [9.17, 15) is 4.79 Å². The number of hydrogen-bond acceptors (Lipinski definition) is 3. The normalized spacial score (nSPS) is 17.7. The van der Waals surface area contributed by atoms with Crippen LogP contribution in [0.4, 0.5) is 0 Å². The zero-order chi connectivity index (χ0) is 13.2. The van der Waals surface area contributed by atoms with E-state index < -0.39 is 0 Å². The van der Waals surface area contributed by atoms with E-state index in [0.29, 0.717) is 6.54 Å². The third-order valence-corrected chi connectivity index (χ3v) is 3.91. The zero-order valence-corrected chi connectivity index (χ0v) is 11.7. The summed E-state index contributed by atoms with van der Waals surface area (Å²) in [5.41, 5.74) is 0.477. The molecule has 1 fully saturated rings. The van der Waals surface area contributed by atoms with Gasteiger partial charge in [0.25, 0.3) is 5.91 Å². The van der Waals surface area contributed by atoms with E-state index in [0.717, 1.165) is 12.8 Å². The Labute approximate surface area is 116 Å². The lowest BCUT2D eigenvalue weighted by Gasteiger charge is -2.23. The van der Waals surface area contributed by atoms with E-state index in [4.69, 9.17) is 23.2 Å². The van der Waals surface area contributed by atoms with Crippen LogP contribution < -0.4 is 5.32 Å². The molecule has 4 nitrogen and oxygen atoms in total. The van der Waals surface area contributed by atoms with E-state index in [1.807, 2.05) is 0 Å². The Hall–Kier alpha value is -0.870. The van der Waals surface area contributed by atoms with Gasteiger partial charge in [-0.1, -0.05) is 43.0 Å². The molecule has 1 aliphatic rings. The number of nitrogens with one attached hydrogen (secondary N) is 1. The van der Waals surface area contributed by atoms with Crippen LogP contribution >= 0.6 is 23.2 Å². The second-order valence-electron chi connectivity index (χ2n) is 5.07. The van der Waals surface area contributed by atoms with Gasteiger partial charge in [0.15, 0.2) is 10.3 Å². The predicted octanol–water partition coefficient (Wildman–Crippen LogP) is 3.09.